The maximum Gasteiger partial charge on any atom is 0.197 e. The normalized spacial score (nSPS) is 11.9. The Morgan fingerprint density at radius 2 is 1.89 bits per heavy atom. The molecule has 2 heterocycles. The molecular formula is C13H14BrClN2O. The van der Waals surface area contributed by atoms with Gasteiger partial charge < -0.3 is 4.42 Å². The van der Waals surface area contributed by atoms with E-state index in [1.165, 1.54) is 0 Å². The summed E-state index contributed by atoms with van der Waals surface area (Å²) in [6.07, 6.45) is 0. The van der Waals surface area contributed by atoms with Gasteiger partial charge in [0.25, 0.3) is 0 Å². The third-order valence-electron chi connectivity index (χ3n) is 2.48. The molecule has 0 spiro atoms. The Kier molecular flexibility index (Phi) is 3.52. The molecule has 0 N–H and O–H groups in total. The van der Waals surface area contributed by atoms with Crippen molar-refractivity contribution >= 4 is 27.5 Å². The molecule has 0 radical (unpaired) electrons. The van der Waals surface area contributed by atoms with Crippen molar-refractivity contribution < 1.29 is 4.42 Å². The minimum absolute atomic E-state index is 0.123. The van der Waals surface area contributed by atoms with Gasteiger partial charge in [-0.05, 0) is 35.0 Å². The Labute approximate surface area is 120 Å². The molecule has 0 aromatic carbocycles. The Balaban J connectivity index is 2.61. The predicted molar refractivity (Wildman–Crippen MR) is 75.9 cm³/mol. The van der Waals surface area contributed by atoms with E-state index in [1.54, 1.807) is 0 Å². The molecule has 0 aliphatic carbocycles. The number of halogens is 2. The summed E-state index contributed by atoms with van der Waals surface area (Å²) in [6, 6.07) is 3.73. The summed E-state index contributed by atoms with van der Waals surface area (Å²) < 4.78 is 6.27. The van der Waals surface area contributed by atoms with Crippen LogP contribution in [0.25, 0.3) is 11.6 Å². The van der Waals surface area contributed by atoms with Crippen molar-refractivity contribution in [1.82, 2.24) is 9.97 Å². The molecule has 96 valence electrons. The van der Waals surface area contributed by atoms with E-state index >= 15 is 0 Å². The molecule has 0 saturated heterocycles. The van der Waals surface area contributed by atoms with Gasteiger partial charge >= 0.3 is 0 Å². The van der Waals surface area contributed by atoms with Gasteiger partial charge in [-0.1, -0.05) is 32.4 Å². The van der Waals surface area contributed by atoms with Gasteiger partial charge in [-0.2, -0.15) is 0 Å². The minimum atomic E-state index is -0.123. The first-order chi connectivity index (χ1) is 8.29. The van der Waals surface area contributed by atoms with Crippen LogP contribution in [0.1, 0.15) is 32.2 Å². The number of aryl methyl sites for hydroxylation is 1. The molecule has 0 atom stereocenters. The second-order valence-electron chi connectivity index (χ2n) is 5.16. The highest BCUT2D eigenvalue weighted by molar-refractivity contribution is 9.10. The fraction of sp³-hybridized carbons (Fsp3) is 0.385. The van der Waals surface area contributed by atoms with Crippen LogP contribution in [-0.4, -0.2) is 9.97 Å². The molecule has 3 nitrogen and oxygen atoms in total. The van der Waals surface area contributed by atoms with Crippen LogP contribution in [0, 0.1) is 6.92 Å². The molecule has 2 rings (SSSR count). The monoisotopic (exact) mass is 328 g/mol. The lowest BCUT2D eigenvalue weighted by Gasteiger charge is -2.20. The van der Waals surface area contributed by atoms with Gasteiger partial charge in [0, 0.05) is 5.41 Å². The summed E-state index contributed by atoms with van der Waals surface area (Å²) in [7, 11) is 0. The highest BCUT2D eigenvalue weighted by Gasteiger charge is 2.23. The smallest absolute Gasteiger partial charge is 0.197 e. The zero-order valence-corrected chi connectivity index (χ0v) is 13.1. The lowest BCUT2D eigenvalue weighted by molar-refractivity contribution is 0.537. The summed E-state index contributed by atoms with van der Waals surface area (Å²) in [5, 5.41) is 0.402. The van der Waals surface area contributed by atoms with Crippen LogP contribution in [0.3, 0.4) is 0 Å². The lowest BCUT2D eigenvalue weighted by atomic mass is 9.92. The van der Waals surface area contributed by atoms with E-state index in [0.717, 1.165) is 15.9 Å². The van der Waals surface area contributed by atoms with Crippen LogP contribution < -0.4 is 0 Å². The molecule has 0 amide bonds. The maximum absolute atomic E-state index is 6.14. The van der Waals surface area contributed by atoms with Crippen LogP contribution in [0.2, 0.25) is 5.15 Å². The van der Waals surface area contributed by atoms with Crippen LogP contribution in [-0.2, 0) is 5.41 Å². The van der Waals surface area contributed by atoms with E-state index in [-0.39, 0.29) is 5.41 Å². The highest BCUT2D eigenvalue weighted by Crippen LogP contribution is 2.34. The first-order valence-electron chi connectivity index (χ1n) is 5.59. The molecule has 0 saturated carbocycles. The number of hydrogen-bond donors (Lipinski definition) is 0. The first kappa shape index (κ1) is 13.6. The zero-order chi connectivity index (χ0) is 13.5. The van der Waals surface area contributed by atoms with Crippen LogP contribution in [0.5, 0.6) is 0 Å². The molecule has 0 fully saturated rings. The maximum atomic E-state index is 6.14. The Hall–Kier alpha value is -0.870. The molecule has 0 aliphatic heterocycles. The fourth-order valence-corrected chi connectivity index (χ4v) is 2.52. The number of furan rings is 1. The number of nitrogens with zero attached hydrogens (tertiary/aromatic N) is 2. The third-order valence-corrected chi connectivity index (χ3v) is 3.73. The van der Waals surface area contributed by atoms with Gasteiger partial charge in [-0.3, -0.25) is 0 Å². The third kappa shape index (κ3) is 2.59. The van der Waals surface area contributed by atoms with E-state index in [2.05, 4.69) is 46.7 Å². The van der Waals surface area contributed by atoms with E-state index in [0.29, 0.717) is 16.7 Å². The number of aromatic nitrogens is 2. The van der Waals surface area contributed by atoms with Crippen molar-refractivity contribution in [2.75, 3.05) is 0 Å². The molecule has 2 aromatic rings. The average Bonchev–Trinajstić information content (AvgIpc) is 2.67. The van der Waals surface area contributed by atoms with E-state index in [4.69, 9.17) is 16.0 Å². The molecule has 0 unspecified atom stereocenters. The van der Waals surface area contributed by atoms with E-state index in [1.807, 2.05) is 19.1 Å². The first-order valence-corrected chi connectivity index (χ1v) is 6.76. The van der Waals surface area contributed by atoms with Gasteiger partial charge in [0.05, 0.1) is 10.2 Å². The second-order valence-corrected chi connectivity index (χ2v) is 6.31. The summed E-state index contributed by atoms with van der Waals surface area (Å²) in [6.45, 7) is 8.11. The van der Waals surface area contributed by atoms with Gasteiger partial charge in [0.1, 0.15) is 10.9 Å². The topological polar surface area (TPSA) is 38.9 Å². The SMILES string of the molecule is Cc1ccc(-c2nc(Cl)c(Br)c(C(C)(C)C)n2)o1. The summed E-state index contributed by atoms with van der Waals surface area (Å²) >= 11 is 9.58. The van der Waals surface area contributed by atoms with Gasteiger partial charge in [0.2, 0.25) is 0 Å². The Morgan fingerprint density at radius 3 is 2.39 bits per heavy atom. The molecule has 18 heavy (non-hydrogen) atoms. The molecule has 0 bridgehead atoms. The van der Waals surface area contributed by atoms with Crippen molar-refractivity contribution in [3.05, 3.63) is 33.2 Å². The van der Waals surface area contributed by atoms with Crippen molar-refractivity contribution in [3.8, 4) is 11.6 Å². The van der Waals surface area contributed by atoms with Crippen molar-refractivity contribution in [2.24, 2.45) is 0 Å². The summed E-state index contributed by atoms with van der Waals surface area (Å²) in [5.41, 5.74) is 0.744. The van der Waals surface area contributed by atoms with Gasteiger partial charge in [-0.15, -0.1) is 0 Å². The van der Waals surface area contributed by atoms with E-state index < -0.39 is 0 Å². The van der Waals surface area contributed by atoms with Crippen molar-refractivity contribution in [1.29, 1.82) is 0 Å². The average molecular weight is 330 g/mol. The lowest BCUT2D eigenvalue weighted by Crippen LogP contribution is -2.16. The standard InChI is InChI=1S/C13H14BrClN2O/c1-7-5-6-8(18-7)12-16-10(13(2,3)4)9(14)11(15)17-12/h5-6H,1-4H3. The molecule has 2 aromatic heterocycles. The predicted octanol–water partition coefficient (Wildman–Crippen LogP) is 4.76. The number of hydrogen-bond acceptors (Lipinski definition) is 3. The van der Waals surface area contributed by atoms with Gasteiger partial charge in [0.15, 0.2) is 11.6 Å². The molecular weight excluding hydrogens is 316 g/mol. The Bertz CT molecular complexity index is 587. The zero-order valence-electron chi connectivity index (χ0n) is 10.7. The largest absolute Gasteiger partial charge is 0.458 e. The molecule has 0 aliphatic rings. The van der Waals surface area contributed by atoms with Crippen LogP contribution in [0.4, 0.5) is 0 Å². The van der Waals surface area contributed by atoms with Crippen LogP contribution in [0.15, 0.2) is 21.0 Å². The Morgan fingerprint density at radius 1 is 1.22 bits per heavy atom. The van der Waals surface area contributed by atoms with E-state index in [9.17, 15) is 0 Å². The van der Waals surface area contributed by atoms with Crippen molar-refractivity contribution in [3.63, 3.8) is 0 Å². The summed E-state index contributed by atoms with van der Waals surface area (Å²) in [4.78, 5) is 8.80. The second kappa shape index (κ2) is 4.67. The van der Waals surface area contributed by atoms with Crippen molar-refractivity contribution in [2.45, 2.75) is 33.1 Å². The minimum Gasteiger partial charge on any atom is -0.458 e. The quantitative estimate of drug-likeness (QED) is 0.708. The fourth-order valence-electron chi connectivity index (χ4n) is 1.58. The number of rotatable bonds is 1. The highest BCUT2D eigenvalue weighted by atomic mass is 79.9. The van der Waals surface area contributed by atoms with Crippen LogP contribution >= 0.6 is 27.5 Å². The molecule has 5 heteroatoms. The summed E-state index contributed by atoms with van der Waals surface area (Å²) in [5.74, 6) is 1.97. The van der Waals surface area contributed by atoms with Gasteiger partial charge in [-0.25, -0.2) is 9.97 Å².